The lowest BCUT2D eigenvalue weighted by molar-refractivity contribution is -0.384. The number of benzene rings is 3. The van der Waals surface area contributed by atoms with E-state index in [2.05, 4.69) is 5.32 Å². The topological polar surface area (TPSA) is 130 Å². The number of rotatable bonds is 13. The second-order valence-electron chi connectivity index (χ2n) is 9.60. The van der Waals surface area contributed by atoms with Crippen LogP contribution in [0.4, 0.5) is 11.4 Å². The summed E-state index contributed by atoms with van der Waals surface area (Å²) >= 11 is 12.5. The van der Waals surface area contributed by atoms with Crippen molar-refractivity contribution in [2.75, 3.05) is 10.8 Å². The van der Waals surface area contributed by atoms with Gasteiger partial charge >= 0.3 is 0 Å². The molecule has 0 unspecified atom stereocenters. The van der Waals surface area contributed by atoms with Crippen LogP contribution in [-0.2, 0) is 26.2 Å². The largest absolute Gasteiger partial charge is 0.352 e. The Morgan fingerprint density at radius 2 is 1.62 bits per heavy atom. The zero-order chi connectivity index (χ0) is 31.0. The third-order valence-corrected chi connectivity index (χ3v) is 9.08. The van der Waals surface area contributed by atoms with Gasteiger partial charge in [0.2, 0.25) is 11.8 Å². The highest BCUT2D eigenvalue weighted by Crippen LogP contribution is 2.28. The molecule has 3 rings (SSSR count). The molecule has 3 aromatic rings. The van der Waals surface area contributed by atoms with Gasteiger partial charge in [-0.1, -0.05) is 61.3 Å². The molecule has 224 valence electrons. The summed E-state index contributed by atoms with van der Waals surface area (Å²) in [4.78, 5) is 39.3. The van der Waals surface area contributed by atoms with Gasteiger partial charge in [0.05, 0.1) is 15.5 Å². The Bertz CT molecular complexity index is 1520. The van der Waals surface area contributed by atoms with Gasteiger partial charge in [0.1, 0.15) is 12.6 Å². The molecular weight excluding hydrogens is 603 g/mol. The molecule has 0 saturated carbocycles. The van der Waals surface area contributed by atoms with E-state index in [1.807, 2.05) is 13.8 Å². The average Bonchev–Trinajstić information content (AvgIpc) is 2.97. The summed E-state index contributed by atoms with van der Waals surface area (Å²) in [5, 5.41) is 14.8. The highest BCUT2D eigenvalue weighted by Gasteiger charge is 2.34. The minimum absolute atomic E-state index is 0.0411. The fraction of sp³-hybridized carbons (Fsp3) is 0.310. The number of hydrogen-bond acceptors (Lipinski definition) is 6. The number of nitrogens with zero attached hydrogens (tertiary/aromatic N) is 3. The van der Waals surface area contributed by atoms with Gasteiger partial charge in [-0.3, -0.25) is 24.0 Å². The van der Waals surface area contributed by atoms with E-state index in [1.54, 1.807) is 37.3 Å². The van der Waals surface area contributed by atoms with Crippen LogP contribution >= 0.6 is 23.2 Å². The van der Waals surface area contributed by atoms with Crippen molar-refractivity contribution in [3.05, 3.63) is 98.5 Å². The number of carbonyl (C=O) groups excluding carboxylic acids is 2. The fourth-order valence-corrected chi connectivity index (χ4v) is 6.09. The molecule has 0 aliphatic carbocycles. The molecule has 10 nitrogen and oxygen atoms in total. The Morgan fingerprint density at radius 1 is 0.976 bits per heavy atom. The Kier molecular flexibility index (Phi) is 11.3. The standard InChI is InChI=1S/C29H32Cl2N4O6S/c1-4-20(3)32-29(37)27(5-2)33(18-21-11-12-22(30)17-26(21)31)28(36)19-34(23-13-15-24(16-14-23)35(38)39)42(40,41)25-9-7-6-8-10-25/h6-17,20,27H,4-5,18-19H2,1-3H3,(H,32,37)/t20-,27-/m0/s1. The lowest BCUT2D eigenvalue weighted by Crippen LogP contribution is -2.53. The molecule has 0 spiro atoms. The quantitative estimate of drug-likeness (QED) is 0.186. The van der Waals surface area contributed by atoms with Gasteiger partial charge in [-0.2, -0.15) is 0 Å². The number of nitro groups is 1. The molecule has 42 heavy (non-hydrogen) atoms. The minimum Gasteiger partial charge on any atom is -0.352 e. The minimum atomic E-state index is -4.31. The van der Waals surface area contributed by atoms with Crippen LogP contribution in [0.25, 0.3) is 0 Å². The molecule has 0 aliphatic heterocycles. The molecule has 13 heteroatoms. The maximum absolute atomic E-state index is 14.1. The van der Waals surface area contributed by atoms with Crippen molar-refractivity contribution in [3.63, 3.8) is 0 Å². The predicted octanol–water partition coefficient (Wildman–Crippen LogP) is 5.82. The van der Waals surface area contributed by atoms with Gasteiger partial charge < -0.3 is 10.2 Å². The highest BCUT2D eigenvalue weighted by molar-refractivity contribution is 7.92. The van der Waals surface area contributed by atoms with Gasteiger partial charge in [-0.15, -0.1) is 0 Å². The summed E-state index contributed by atoms with van der Waals surface area (Å²) in [6, 6.07) is 16.0. The monoisotopic (exact) mass is 634 g/mol. The SMILES string of the molecule is CC[C@H](C)NC(=O)[C@H](CC)N(Cc1ccc(Cl)cc1Cl)C(=O)CN(c1ccc([N+](=O)[O-])cc1)S(=O)(=O)c1ccccc1. The lowest BCUT2D eigenvalue weighted by atomic mass is 10.1. The summed E-state index contributed by atoms with van der Waals surface area (Å²) < 4.78 is 28.5. The molecule has 1 N–H and O–H groups in total. The zero-order valence-electron chi connectivity index (χ0n) is 23.4. The van der Waals surface area contributed by atoms with Gasteiger partial charge in [-0.05, 0) is 61.7 Å². The molecular formula is C29H32Cl2N4O6S. The molecule has 0 fully saturated rings. The Morgan fingerprint density at radius 3 is 2.17 bits per heavy atom. The van der Waals surface area contributed by atoms with E-state index >= 15 is 0 Å². The van der Waals surface area contributed by atoms with E-state index in [0.29, 0.717) is 17.0 Å². The van der Waals surface area contributed by atoms with Crippen LogP contribution in [0, 0.1) is 10.1 Å². The molecule has 3 aromatic carbocycles. The van der Waals surface area contributed by atoms with Crippen molar-refractivity contribution in [1.29, 1.82) is 0 Å². The Labute approximate surface area is 255 Å². The van der Waals surface area contributed by atoms with E-state index < -0.39 is 39.3 Å². The van der Waals surface area contributed by atoms with E-state index in [1.165, 1.54) is 35.2 Å². The van der Waals surface area contributed by atoms with E-state index in [4.69, 9.17) is 23.2 Å². The number of halogens is 2. The fourth-order valence-electron chi connectivity index (χ4n) is 4.18. The van der Waals surface area contributed by atoms with Crippen LogP contribution in [0.15, 0.2) is 77.7 Å². The van der Waals surface area contributed by atoms with E-state index in [9.17, 15) is 28.1 Å². The molecule has 0 bridgehead atoms. The number of nitrogens with one attached hydrogen (secondary N) is 1. The van der Waals surface area contributed by atoms with Crippen LogP contribution < -0.4 is 9.62 Å². The Hall–Kier alpha value is -3.67. The number of nitro benzene ring substituents is 1. The van der Waals surface area contributed by atoms with Crippen LogP contribution in [0.5, 0.6) is 0 Å². The highest BCUT2D eigenvalue weighted by atomic mass is 35.5. The number of non-ortho nitro benzene ring substituents is 1. The first-order valence-electron chi connectivity index (χ1n) is 13.2. The molecule has 2 amide bonds. The van der Waals surface area contributed by atoms with Gasteiger partial charge in [0.15, 0.2) is 0 Å². The molecule has 0 aromatic heterocycles. The Balaban J connectivity index is 2.09. The summed E-state index contributed by atoms with van der Waals surface area (Å²) in [7, 11) is -4.31. The third-order valence-electron chi connectivity index (χ3n) is 6.70. The number of hydrogen-bond donors (Lipinski definition) is 1. The van der Waals surface area contributed by atoms with Crippen LogP contribution in [0.3, 0.4) is 0 Å². The van der Waals surface area contributed by atoms with Crippen LogP contribution in [0.1, 0.15) is 39.2 Å². The van der Waals surface area contributed by atoms with Crippen LogP contribution in [0.2, 0.25) is 10.0 Å². The van der Waals surface area contributed by atoms with Crippen molar-refractivity contribution < 1.29 is 22.9 Å². The van der Waals surface area contributed by atoms with Crippen molar-refractivity contribution in [2.45, 2.75) is 57.1 Å². The van der Waals surface area contributed by atoms with E-state index in [-0.39, 0.29) is 40.3 Å². The second kappa shape index (κ2) is 14.5. The normalized spacial score (nSPS) is 12.7. The first-order valence-corrected chi connectivity index (χ1v) is 15.4. The zero-order valence-corrected chi connectivity index (χ0v) is 25.7. The summed E-state index contributed by atoms with van der Waals surface area (Å²) in [6.45, 7) is 4.72. The van der Waals surface area contributed by atoms with Gasteiger partial charge in [-0.25, -0.2) is 8.42 Å². The number of carbonyl (C=O) groups is 2. The van der Waals surface area contributed by atoms with Crippen molar-refractivity contribution in [2.24, 2.45) is 0 Å². The summed E-state index contributed by atoms with van der Waals surface area (Å²) in [5.41, 5.74) is 0.310. The van der Waals surface area contributed by atoms with Crippen molar-refractivity contribution >= 4 is 56.4 Å². The molecule has 2 atom stereocenters. The van der Waals surface area contributed by atoms with Crippen LogP contribution in [-0.4, -0.2) is 48.7 Å². The van der Waals surface area contributed by atoms with Crippen molar-refractivity contribution in [3.8, 4) is 0 Å². The number of amides is 2. The molecule has 0 aliphatic rings. The molecule has 0 saturated heterocycles. The second-order valence-corrected chi connectivity index (χ2v) is 12.3. The molecule has 0 radical (unpaired) electrons. The summed E-state index contributed by atoms with van der Waals surface area (Å²) in [6.07, 6.45) is 0.907. The number of anilines is 1. The number of sulfonamides is 1. The average molecular weight is 636 g/mol. The summed E-state index contributed by atoms with van der Waals surface area (Å²) in [5.74, 6) is -1.07. The molecule has 0 heterocycles. The van der Waals surface area contributed by atoms with Crippen molar-refractivity contribution in [1.82, 2.24) is 10.2 Å². The predicted molar refractivity (Wildman–Crippen MR) is 163 cm³/mol. The maximum Gasteiger partial charge on any atom is 0.269 e. The van der Waals surface area contributed by atoms with Gasteiger partial charge in [0.25, 0.3) is 15.7 Å². The van der Waals surface area contributed by atoms with Gasteiger partial charge in [0, 0.05) is 34.8 Å². The smallest absolute Gasteiger partial charge is 0.269 e. The third kappa shape index (κ3) is 7.99. The van der Waals surface area contributed by atoms with E-state index in [0.717, 1.165) is 16.4 Å². The lowest BCUT2D eigenvalue weighted by Gasteiger charge is -2.34. The maximum atomic E-state index is 14.1. The first kappa shape index (κ1) is 32.8. The first-order chi connectivity index (χ1) is 19.9.